The quantitative estimate of drug-likeness (QED) is 0.550. The van der Waals surface area contributed by atoms with Gasteiger partial charge in [0.15, 0.2) is 0 Å². The van der Waals surface area contributed by atoms with Crippen molar-refractivity contribution in [3.8, 4) is 0 Å². The Bertz CT molecular complexity index is 1040. The molecule has 0 bridgehead atoms. The standard InChI is InChI=1S/C23H21F2NO2S/c1-17-4-14-22(15-5-17)29(27,28)26-16-2-3-23(18-6-10-20(24)11-7-18)19-8-12-21(25)13-9-19/h3-15,26H,2,16H2,1H3. The number of nitrogens with one attached hydrogen (secondary N) is 1. The van der Waals surface area contributed by atoms with Gasteiger partial charge in [-0.15, -0.1) is 0 Å². The van der Waals surface area contributed by atoms with Gasteiger partial charge in [0.1, 0.15) is 11.6 Å². The molecule has 29 heavy (non-hydrogen) atoms. The summed E-state index contributed by atoms with van der Waals surface area (Å²) in [5, 5.41) is 0. The number of hydrogen-bond acceptors (Lipinski definition) is 2. The van der Waals surface area contributed by atoms with Gasteiger partial charge in [-0.25, -0.2) is 21.9 Å². The summed E-state index contributed by atoms with van der Waals surface area (Å²) in [6, 6.07) is 18.6. The largest absolute Gasteiger partial charge is 0.240 e. The highest BCUT2D eigenvalue weighted by Crippen LogP contribution is 2.24. The number of halogens is 2. The molecule has 0 heterocycles. The van der Waals surface area contributed by atoms with Crippen LogP contribution in [-0.4, -0.2) is 15.0 Å². The highest BCUT2D eigenvalue weighted by Gasteiger charge is 2.12. The predicted molar refractivity (Wildman–Crippen MR) is 111 cm³/mol. The van der Waals surface area contributed by atoms with E-state index in [9.17, 15) is 17.2 Å². The van der Waals surface area contributed by atoms with Crippen molar-refractivity contribution in [1.82, 2.24) is 4.72 Å². The molecule has 6 heteroatoms. The average Bonchev–Trinajstić information content (AvgIpc) is 2.70. The number of sulfonamides is 1. The molecule has 0 amide bonds. The summed E-state index contributed by atoms with van der Waals surface area (Å²) in [6.45, 7) is 2.09. The Balaban J connectivity index is 1.77. The lowest BCUT2D eigenvalue weighted by atomic mass is 9.97. The second-order valence-electron chi connectivity index (χ2n) is 6.63. The van der Waals surface area contributed by atoms with Crippen LogP contribution in [0.25, 0.3) is 5.57 Å². The van der Waals surface area contributed by atoms with E-state index in [4.69, 9.17) is 0 Å². The minimum atomic E-state index is -3.59. The van der Waals surface area contributed by atoms with E-state index in [0.717, 1.165) is 22.3 Å². The molecule has 3 aromatic rings. The maximum Gasteiger partial charge on any atom is 0.240 e. The van der Waals surface area contributed by atoms with Crippen LogP contribution >= 0.6 is 0 Å². The fourth-order valence-electron chi connectivity index (χ4n) is 2.87. The Hall–Kier alpha value is -2.83. The van der Waals surface area contributed by atoms with Crippen molar-refractivity contribution in [1.29, 1.82) is 0 Å². The topological polar surface area (TPSA) is 46.2 Å². The predicted octanol–water partition coefficient (Wildman–Crippen LogP) is 5.07. The van der Waals surface area contributed by atoms with Gasteiger partial charge in [0.25, 0.3) is 0 Å². The summed E-state index contributed by atoms with van der Waals surface area (Å²) in [6.07, 6.45) is 2.27. The summed E-state index contributed by atoms with van der Waals surface area (Å²) < 4.78 is 53.9. The number of benzene rings is 3. The molecule has 3 nitrogen and oxygen atoms in total. The van der Waals surface area contributed by atoms with Crippen molar-refractivity contribution < 1.29 is 17.2 Å². The zero-order valence-electron chi connectivity index (χ0n) is 15.9. The molecular weight excluding hydrogens is 392 g/mol. The molecule has 0 aliphatic carbocycles. The molecule has 150 valence electrons. The fraction of sp³-hybridized carbons (Fsp3) is 0.130. The van der Waals surface area contributed by atoms with E-state index in [1.165, 1.54) is 24.3 Å². The molecule has 0 spiro atoms. The average molecular weight is 413 g/mol. The van der Waals surface area contributed by atoms with E-state index in [1.54, 1.807) is 48.5 Å². The molecule has 0 aliphatic heterocycles. The van der Waals surface area contributed by atoms with E-state index in [1.807, 2.05) is 13.0 Å². The summed E-state index contributed by atoms with van der Waals surface area (Å²) in [4.78, 5) is 0.212. The van der Waals surface area contributed by atoms with Crippen LogP contribution in [0.3, 0.4) is 0 Å². The van der Waals surface area contributed by atoms with Gasteiger partial charge in [-0.05, 0) is 66.4 Å². The van der Waals surface area contributed by atoms with Crippen LogP contribution in [0.4, 0.5) is 8.78 Å². The minimum absolute atomic E-state index is 0.197. The van der Waals surface area contributed by atoms with Crippen LogP contribution in [0.5, 0.6) is 0 Å². The van der Waals surface area contributed by atoms with Crippen molar-refractivity contribution >= 4 is 15.6 Å². The summed E-state index contributed by atoms with van der Waals surface area (Å²) in [5.41, 5.74) is 3.29. The van der Waals surface area contributed by atoms with Gasteiger partial charge in [-0.3, -0.25) is 0 Å². The zero-order chi connectivity index (χ0) is 20.9. The van der Waals surface area contributed by atoms with Crippen molar-refractivity contribution in [2.75, 3.05) is 6.54 Å². The van der Waals surface area contributed by atoms with E-state index >= 15 is 0 Å². The molecule has 3 rings (SSSR count). The third kappa shape index (κ3) is 5.59. The molecule has 0 radical (unpaired) electrons. The lowest BCUT2D eigenvalue weighted by molar-refractivity contribution is 0.582. The highest BCUT2D eigenvalue weighted by atomic mass is 32.2. The number of hydrogen-bond donors (Lipinski definition) is 1. The minimum Gasteiger partial charge on any atom is -0.211 e. The second kappa shape index (κ2) is 9.11. The molecule has 0 unspecified atom stereocenters. The molecule has 0 saturated heterocycles. The second-order valence-corrected chi connectivity index (χ2v) is 8.40. The van der Waals surface area contributed by atoms with Gasteiger partial charge in [0, 0.05) is 6.54 Å². The van der Waals surface area contributed by atoms with Gasteiger partial charge >= 0.3 is 0 Å². The van der Waals surface area contributed by atoms with Crippen LogP contribution in [0.1, 0.15) is 23.1 Å². The first-order chi connectivity index (χ1) is 13.8. The summed E-state index contributed by atoms with van der Waals surface area (Å²) in [7, 11) is -3.59. The van der Waals surface area contributed by atoms with Gasteiger partial charge in [0.2, 0.25) is 10.0 Å². The van der Waals surface area contributed by atoms with Gasteiger partial charge in [0.05, 0.1) is 4.90 Å². The lowest BCUT2D eigenvalue weighted by Crippen LogP contribution is -2.24. The highest BCUT2D eigenvalue weighted by molar-refractivity contribution is 7.89. The Morgan fingerprint density at radius 2 is 1.31 bits per heavy atom. The van der Waals surface area contributed by atoms with Crippen molar-refractivity contribution in [2.45, 2.75) is 18.2 Å². The SMILES string of the molecule is Cc1ccc(S(=O)(=O)NCCC=C(c2ccc(F)cc2)c2ccc(F)cc2)cc1. The molecule has 0 atom stereocenters. The molecule has 0 fully saturated rings. The Morgan fingerprint density at radius 1 is 0.828 bits per heavy atom. The third-order valence-electron chi connectivity index (χ3n) is 4.43. The maximum atomic E-state index is 13.3. The molecule has 0 saturated carbocycles. The van der Waals surface area contributed by atoms with Crippen LogP contribution in [0.2, 0.25) is 0 Å². The van der Waals surface area contributed by atoms with Crippen molar-refractivity contribution in [3.63, 3.8) is 0 Å². The van der Waals surface area contributed by atoms with E-state index in [0.29, 0.717) is 6.42 Å². The first-order valence-electron chi connectivity index (χ1n) is 9.13. The monoisotopic (exact) mass is 413 g/mol. The number of rotatable bonds is 7. The molecule has 0 aliphatic rings. The van der Waals surface area contributed by atoms with Crippen molar-refractivity contribution in [2.24, 2.45) is 0 Å². The van der Waals surface area contributed by atoms with Crippen LogP contribution < -0.4 is 4.72 Å². The first-order valence-corrected chi connectivity index (χ1v) is 10.6. The molecular formula is C23H21F2NO2S. The van der Waals surface area contributed by atoms with Gasteiger partial charge in [-0.1, -0.05) is 48.0 Å². The smallest absolute Gasteiger partial charge is 0.211 e. The maximum absolute atomic E-state index is 13.3. The van der Waals surface area contributed by atoms with E-state index in [2.05, 4.69) is 4.72 Å². The van der Waals surface area contributed by atoms with E-state index < -0.39 is 10.0 Å². The van der Waals surface area contributed by atoms with Gasteiger partial charge < -0.3 is 0 Å². The molecule has 3 aromatic carbocycles. The Labute approximate surface area is 169 Å². The van der Waals surface area contributed by atoms with Gasteiger partial charge in [-0.2, -0.15) is 0 Å². The summed E-state index contributed by atoms with van der Waals surface area (Å²) >= 11 is 0. The first kappa shape index (κ1) is 20.9. The van der Waals surface area contributed by atoms with Crippen LogP contribution in [-0.2, 0) is 10.0 Å². The summed E-state index contributed by atoms with van der Waals surface area (Å²) in [5.74, 6) is -0.698. The van der Waals surface area contributed by atoms with Crippen molar-refractivity contribution in [3.05, 3.63) is 107 Å². The number of aryl methyl sites for hydroxylation is 1. The Kier molecular flexibility index (Phi) is 6.56. The Morgan fingerprint density at radius 3 is 1.79 bits per heavy atom. The molecule has 0 aromatic heterocycles. The normalized spacial score (nSPS) is 11.3. The van der Waals surface area contributed by atoms with E-state index in [-0.39, 0.29) is 23.1 Å². The third-order valence-corrected chi connectivity index (χ3v) is 5.90. The van der Waals surface area contributed by atoms with Crippen LogP contribution in [0.15, 0.2) is 83.8 Å². The fourth-order valence-corrected chi connectivity index (χ4v) is 3.92. The molecule has 1 N–H and O–H groups in total. The zero-order valence-corrected chi connectivity index (χ0v) is 16.7. The van der Waals surface area contributed by atoms with Crippen LogP contribution in [0, 0.1) is 18.6 Å². The lowest BCUT2D eigenvalue weighted by Gasteiger charge is -2.10.